The first-order valence-corrected chi connectivity index (χ1v) is 5.96. The molecule has 2 rings (SSSR count). The Balaban J connectivity index is 2.19. The summed E-state index contributed by atoms with van der Waals surface area (Å²) in [5.74, 6) is 0.843. The number of carbonyl (C=O) groups is 1. The first-order chi connectivity index (χ1) is 9.63. The highest BCUT2D eigenvalue weighted by atomic mass is 16.5. The quantitative estimate of drug-likeness (QED) is 0.923. The first-order valence-electron chi connectivity index (χ1n) is 5.96. The Morgan fingerprint density at radius 1 is 1.10 bits per heavy atom. The van der Waals surface area contributed by atoms with Crippen molar-refractivity contribution in [2.45, 2.75) is 6.92 Å². The van der Waals surface area contributed by atoms with E-state index in [1.165, 1.54) is 13.4 Å². The van der Waals surface area contributed by atoms with Crippen molar-refractivity contribution in [3.8, 4) is 11.5 Å². The normalized spacial score (nSPS) is 9.95. The van der Waals surface area contributed by atoms with Gasteiger partial charge in [0.05, 0.1) is 14.2 Å². The SMILES string of the molecule is COc1ccc(NC(=O)c2cc(C)ncn2)cc1OC. The molecule has 0 saturated carbocycles. The molecule has 1 amide bonds. The van der Waals surface area contributed by atoms with Gasteiger partial charge >= 0.3 is 0 Å². The fourth-order valence-corrected chi connectivity index (χ4v) is 1.69. The smallest absolute Gasteiger partial charge is 0.274 e. The summed E-state index contributed by atoms with van der Waals surface area (Å²) in [5, 5.41) is 2.75. The molecule has 0 unspecified atom stereocenters. The van der Waals surface area contributed by atoms with Crippen LogP contribution in [0, 0.1) is 6.92 Å². The molecule has 0 aliphatic heterocycles. The summed E-state index contributed by atoms with van der Waals surface area (Å²) in [4.78, 5) is 19.9. The average Bonchev–Trinajstić information content (AvgIpc) is 2.47. The minimum atomic E-state index is -0.303. The lowest BCUT2D eigenvalue weighted by Crippen LogP contribution is -2.14. The zero-order valence-electron chi connectivity index (χ0n) is 11.5. The Morgan fingerprint density at radius 3 is 2.50 bits per heavy atom. The van der Waals surface area contributed by atoms with E-state index in [0.717, 1.165) is 5.69 Å². The molecule has 0 fully saturated rings. The number of hydrogen-bond donors (Lipinski definition) is 1. The number of carbonyl (C=O) groups excluding carboxylic acids is 1. The molecule has 0 radical (unpaired) electrons. The zero-order chi connectivity index (χ0) is 14.5. The number of aryl methyl sites for hydroxylation is 1. The third kappa shape index (κ3) is 3.03. The Bertz CT molecular complexity index is 629. The van der Waals surface area contributed by atoms with Gasteiger partial charge in [-0.3, -0.25) is 4.79 Å². The van der Waals surface area contributed by atoms with E-state index in [1.54, 1.807) is 38.3 Å². The highest BCUT2D eigenvalue weighted by molar-refractivity contribution is 6.03. The standard InChI is InChI=1S/C14H15N3O3/c1-9-6-11(16-8-15-9)14(18)17-10-4-5-12(19-2)13(7-10)20-3/h4-8H,1-3H3,(H,17,18). The first kappa shape index (κ1) is 13.8. The van der Waals surface area contributed by atoms with Crippen LogP contribution in [0.3, 0.4) is 0 Å². The third-order valence-corrected chi connectivity index (χ3v) is 2.68. The molecule has 0 aliphatic carbocycles. The summed E-state index contributed by atoms with van der Waals surface area (Å²) in [6, 6.07) is 6.76. The summed E-state index contributed by atoms with van der Waals surface area (Å²) < 4.78 is 10.3. The van der Waals surface area contributed by atoms with Gasteiger partial charge in [-0.15, -0.1) is 0 Å². The average molecular weight is 273 g/mol. The maximum absolute atomic E-state index is 12.0. The number of hydrogen-bond acceptors (Lipinski definition) is 5. The molecule has 1 aromatic carbocycles. The predicted molar refractivity (Wildman–Crippen MR) is 74.3 cm³/mol. The second-order valence-corrected chi connectivity index (χ2v) is 4.07. The highest BCUT2D eigenvalue weighted by Crippen LogP contribution is 2.29. The van der Waals surface area contributed by atoms with Gasteiger partial charge in [0.1, 0.15) is 12.0 Å². The van der Waals surface area contributed by atoms with Gasteiger partial charge in [0.25, 0.3) is 5.91 Å². The van der Waals surface area contributed by atoms with Gasteiger partial charge in [-0.1, -0.05) is 0 Å². The van der Waals surface area contributed by atoms with Crippen molar-refractivity contribution in [1.29, 1.82) is 0 Å². The van der Waals surface area contributed by atoms with Crippen LogP contribution in [0.25, 0.3) is 0 Å². The van der Waals surface area contributed by atoms with Gasteiger partial charge in [0.15, 0.2) is 11.5 Å². The minimum absolute atomic E-state index is 0.303. The number of rotatable bonds is 4. The number of ether oxygens (including phenoxy) is 2. The minimum Gasteiger partial charge on any atom is -0.493 e. The number of methoxy groups -OCH3 is 2. The molecule has 0 atom stereocenters. The molecule has 1 N–H and O–H groups in total. The zero-order valence-corrected chi connectivity index (χ0v) is 11.5. The number of aromatic nitrogens is 2. The summed E-state index contributed by atoms with van der Waals surface area (Å²) in [5.41, 5.74) is 1.65. The van der Waals surface area contributed by atoms with Crippen LogP contribution in [0.5, 0.6) is 11.5 Å². The Labute approximate surface area is 116 Å². The van der Waals surface area contributed by atoms with Gasteiger partial charge in [-0.2, -0.15) is 0 Å². The molecular weight excluding hydrogens is 258 g/mol. The third-order valence-electron chi connectivity index (χ3n) is 2.68. The lowest BCUT2D eigenvalue weighted by Gasteiger charge is -2.10. The molecule has 1 heterocycles. The van der Waals surface area contributed by atoms with Gasteiger partial charge in [0, 0.05) is 17.4 Å². The van der Waals surface area contributed by atoms with Gasteiger partial charge in [0.2, 0.25) is 0 Å². The maximum atomic E-state index is 12.0. The van der Waals surface area contributed by atoms with Crippen molar-refractivity contribution >= 4 is 11.6 Å². The second-order valence-electron chi connectivity index (χ2n) is 4.07. The number of anilines is 1. The van der Waals surface area contributed by atoms with Gasteiger partial charge in [-0.05, 0) is 25.1 Å². The van der Waals surface area contributed by atoms with Crippen LogP contribution in [-0.4, -0.2) is 30.1 Å². The monoisotopic (exact) mass is 273 g/mol. The lowest BCUT2D eigenvalue weighted by atomic mass is 10.2. The summed E-state index contributed by atoms with van der Waals surface area (Å²) in [6.07, 6.45) is 1.36. The molecule has 0 aliphatic rings. The van der Waals surface area contributed by atoms with Crippen LogP contribution in [0.2, 0.25) is 0 Å². The van der Waals surface area contributed by atoms with Crippen LogP contribution in [0.1, 0.15) is 16.2 Å². The van der Waals surface area contributed by atoms with E-state index in [4.69, 9.17) is 9.47 Å². The van der Waals surface area contributed by atoms with E-state index in [0.29, 0.717) is 22.9 Å². The molecule has 0 saturated heterocycles. The number of nitrogens with one attached hydrogen (secondary N) is 1. The van der Waals surface area contributed by atoms with E-state index in [2.05, 4.69) is 15.3 Å². The van der Waals surface area contributed by atoms with E-state index >= 15 is 0 Å². The molecule has 2 aromatic rings. The van der Waals surface area contributed by atoms with Crippen LogP contribution >= 0.6 is 0 Å². The molecule has 0 bridgehead atoms. The van der Waals surface area contributed by atoms with E-state index in [-0.39, 0.29) is 5.91 Å². The predicted octanol–water partition coefficient (Wildman–Crippen LogP) is 2.05. The van der Waals surface area contributed by atoms with Crippen molar-refractivity contribution < 1.29 is 14.3 Å². The van der Waals surface area contributed by atoms with Crippen LogP contribution in [0.4, 0.5) is 5.69 Å². The Kier molecular flexibility index (Phi) is 4.14. The summed E-state index contributed by atoms with van der Waals surface area (Å²) in [6.45, 7) is 1.80. The van der Waals surface area contributed by atoms with Gasteiger partial charge in [-0.25, -0.2) is 9.97 Å². The molecular formula is C14H15N3O3. The van der Waals surface area contributed by atoms with E-state index in [1.807, 2.05) is 0 Å². The van der Waals surface area contributed by atoms with E-state index in [9.17, 15) is 4.79 Å². The van der Waals surface area contributed by atoms with Crippen molar-refractivity contribution in [3.63, 3.8) is 0 Å². The molecule has 6 heteroatoms. The summed E-state index contributed by atoms with van der Waals surface area (Å²) >= 11 is 0. The molecule has 6 nitrogen and oxygen atoms in total. The molecule has 20 heavy (non-hydrogen) atoms. The largest absolute Gasteiger partial charge is 0.493 e. The van der Waals surface area contributed by atoms with Crippen molar-refractivity contribution in [2.24, 2.45) is 0 Å². The van der Waals surface area contributed by atoms with Crippen LogP contribution in [-0.2, 0) is 0 Å². The fourth-order valence-electron chi connectivity index (χ4n) is 1.69. The number of benzene rings is 1. The molecule has 0 spiro atoms. The lowest BCUT2D eigenvalue weighted by molar-refractivity contribution is 0.102. The van der Waals surface area contributed by atoms with Crippen molar-refractivity contribution in [1.82, 2.24) is 9.97 Å². The number of amides is 1. The number of nitrogens with zero attached hydrogens (tertiary/aromatic N) is 2. The second kappa shape index (κ2) is 6.01. The Hall–Kier alpha value is -2.63. The fraction of sp³-hybridized carbons (Fsp3) is 0.214. The Morgan fingerprint density at radius 2 is 1.85 bits per heavy atom. The maximum Gasteiger partial charge on any atom is 0.274 e. The molecule has 1 aromatic heterocycles. The topological polar surface area (TPSA) is 73.3 Å². The van der Waals surface area contributed by atoms with Crippen molar-refractivity contribution in [3.05, 3.63) is 42.0 Å². The van der Waals surface area contributed by atoms with E-state index < -0.39 is 0 Å². The van der Waals surface area contributed by atoms with Gasteiger partial charge < -0.3 is 14.8 Å². The van der Waals surface area contributed by atoms with Crippen LogP contribution < -0.4 is 14.8 Å². The molecule has 104 valence electrons. The summed E-state index contributed by atoms with van der Waals surface area (Å²) in [7, 11) is 3.09. The van der Waals surface area contributed by atoms with Crippen LogP contribution in [0.15, 0.2) is 30.6 Å². The van der Waals surface area contributed by atoms with Crippen molar-refractivity contribution in [2.75, 3.05) is 19.5 Å². The highest BCUT2D eigenvalue weighted by Gasteiger charge is 2.10.